The molecular formula is C26H36ClN3O7. The maximum atomic E-state index is 10.3. The molecule has 1 heterocycles. The van der Waals surface area contributed by atoms with Crippen LogP contribution in [0.2, 0.25) is 5.02 Å². The van der Waals surface area contributed by atoms with Gasteiger partial charge in [-0.2, -0.15) is 0 Å². The summed E-state index contributed by atoms with van der Waals surface area (Å²) in [5.41, 5.74) is -0.118. The van der Waals surface area contributed by atoms with Gasteiger partial charge in [-0.05, 0) is 43.4 Å². The number of aromatic nitrogens is 1. The quantitative estimate of drug-likeness (QED) is 0.300. The summed E-state index contributed by atoms with van der Waals surface area (Å²) in [6, 6.07) is 12.4. The van der Waals surface area contributed by atoms with Gasteiger partial charge in [-0.1, -0.05) is 43.6 Å². The summed E-state index contributed by atoms with van der Waals surface area (Å²) in [6.45, 7) is 8.55. The monoisotopic (exact) mass is 537 g/mol. The van der Waals surface area contributed by atoms with Crippen molar-refractivity contribution in [1.29, 1.82) is 0 Å². The molecule has 11 heteroatoms. The highest BCUT2D eigenvalue weighted by molar-refractivity contribution is 6.30. The third-order valence-electron chi connectivity index (χ3n) is 5.52. The van der Waals surface area contributed by atoms with Crippen molar-refractivity contribution in [3.05, 3.63) is 64.9 Å². The summed E-state index contributed by atoms with van der Waals surface area (Å²) in [5, 5.41) is 34.6. The normalized spacial score (nSPS) is 11.7. The summed E-state index contributed by atoms with van der Waals surface area (Å²) in [6.07, 6.45) is 1.49. The topological polar surface area (TPSA) is 152 Å². The number of aliphatic carboxylic acids is 3. The van der Waals surface area contributed by atoms with Crippen LogP contribution >= 0.6 is 11.6 Å². The van der Waals surface area contributed by atoms with Gasteiger partial charge in [0.05, 0.1) is 12.8 Å². The molecule has 0 saturated carbocycles. The third-order valence-corrected chi connectivity index (χ3v) is 5.77. The molecule has 1 aromatic carbocycles. The lowest BCUT2D eigenvalue weighted by molar-refractivity contribution is -0.170. The Morgan fingerprint density at radius 2 is 1.51 bits per heavy atom. The van der Waals surface area contributed by atoms with Crippen molar-refractivity contribution in [2.24, 2.45) is 0 Å². The zero-order valence-electron chi connectivity index (χ0n) is 21.6. The molecule has 0 atom stereocenters. The standard InChI is InChI=1S/C20H28ClN3.C6H8O7/c1-20(2,18-7-9-19(21)10-8-18)16-24(13-12-23(3)4)15-17-6-5-11-22-14-17;7-3(8)1-6(13,5(11)12)2-4(9)10/h5-11,14H,12-13,15-16H2,1-4H3;13H,1-2H2,(H,7,8)(H,9,10)(H,11,12). The molecule has 37 heavy (non-hydrogen) atoms. The van der Waals surface area contributed by atoms with E-state index in [-0.39, 0.29) is 5.41 Å². The van der Waals surface area contributed by atoms with Crippen molar-refractivity contribution in [2.75, 3.05) is 33.7 Å². The molecule has 1 aromatic heterocycles. The van der Waals surface area contributed by atoms with E-state index in [1.54, 1.807) is 0 Å². The number of carboxylic acids is 3. The summed E-state index contributed by atoms with van der Waals surface area (Å²) < 4.78 is 0. The molecule has 0 spiro atoms. The van der Waals surface area contributed by atoms with Crippen molar-refractivity contribution in [2.45, 2.75) is 44.2 Å². The van der Waals surface area contributed by atoms with Crippen LogP contribution in [0, 0.1) is 0 Å². The molecule has 10 nitrogen and oxygen atoms in total. The van der Waals surface area contributed by atoms with Gasteiger partial charge < -0.3 is 25.3 Å². The second kappa shape index (κ2) is 14.6. The minimum Gasteiger partial charge on any atom is -0.481 e. The molecular weight excluding hydrogens is 502 g/mol. The minimum absolute atomic E-state index is 0.0547. The SMILES string of the molecule is CN(C)CCN(Cc1cccnc1)CC(C)(C)c1ccc(Cl)cc1.O=C(O)CC(O)(CC(=O)O)C(=O)O. The van der Waals surface area contributed by atoms with E-state index in [4.69, 9.17) is 32.0 Å². The molecule has 0 aliphatic rings. The zero-order valence-corrected chi connectivity index (χ0v) is 22.4. The van der Waals surface area contributed by atoms with Gasteiger partial charge in [0, 0.05) is 49.0 Å². The van der Waals surface area contributed by atoms with Crippen LogP contribution in [0.25, 0.3) is 0 Å². The highest BCUT2D eigenvalue weighted by atomic mass is 35.5. The number of carboxylic acid groups (broad SMARTS) is 3. The Kier molecular flexibility index (Phi) is 12.6. The number of likely N-dealkylation sites (N-methyl/N-ethyl adjacent to an activating group) is 1. The molecule has 0 aliphatic heterocycles. The maximum absolute atomic E-state index is 10.3. The van der Waals surface area contributed by atoms with Crippen LogP contribution in [0.5, 0.6) is 0 Å². The Balaban J connectivity index is 0.000000448. The first-order valence-electron chi connectivity index (χ1n) is 11.6. The average molecular weight is 538 g/mol. The van der Waals surface area contributed by atoms with E-state index in [1.807, 2.05) is 30.6 Å². The number of rotatable bonds is 13. The first kappa shape index (κ1) is 32.0. The van der Waals surface area contributed by atoms with Crippen LogP contribution in [0.3, 0.4) is 0 Å². The van der Waals surface area contributed by atoms with Crippen LogP contribution in [0.4, 0.5) is 0 Å². The van der Waals surface area contributed by atoms with Gasteiger partial charge in [0.2, 0.25) is 0 Å². The Morgan fingerprint density at radius 3 is 1.95 bits per heavy atom. The van der Waals surface area contributed by atoms with E-state index < -0.39 is 36.4 Å². The maximum Gasteiger partial charge on any atom is 0.336 e. The van der Waals surface area contributed by atoms with Gasteiger partial charge in [-0.3, -0.25) is 19.5 Å². The lowest BCUT2D eigenvalue weighted by atomic mass is 9.84. The van der Waals surface area contributed by atoms with Gasteiger partial charge in [-0.15, -0.1) is 0 Å². The van der Waals surface area contributed by atoms with Crippen LogP contribution in [-0.2, 0) is 26.3 Å². The number of benzene rings is 1. The number of hydrogen-bond donors (Lipinski definition) is 4. The fraction of sp³-hybridized carbons (Fsp3) is 0.462. The lowest BCUT2D eigenvalue weighted by Crippen LogP contribution is -2.42. The predicted octanol–water partition coefficient (Wildman–Crippen LogP) is 2.83. The molecule has 0 unspecified atom stereocenters. The number of carbonyl (C=O) groups is 3. The highest BCUT2D eigenvalue weighted by Gasteiger charge is 2.40. The largest absolute Gasteiger partial charge is 0.481 e. The van der Waals surface area contributed by atoms with Gasteiger partial charge in [0.1, 0.15) is 0 Å². The van der Waals surface area contributed by atoms with Crippen LogP contribution in [0.1, 0.15) is 37.8 Å². The fourth-order valence-electron chi connectivity index (χ4n) is 3.57. The summed E-state index contributed by atoms with van der Waals surface area (Å²) >= 11 is 6.04. The number of hydrogen-bond acceptors (Lipinski definition) is 7. The van der Waals surface area contributed by atoms with Crippen molar-refractivity contribution < 1.29 is 34.8 Å². The second-order valence-electron chi connectivity index (χ2n) is 9.74. The molecule has 0 saturated heterocycles. The predicted molar refractivity (Wildman–Crippen MR) is 140 cm³/mol. The molecule has 0 amide bonds. The molecule has 4 N–H and O–H groups in total. The average Bonchev–Trinajstić information content (AvgIpc) is 2.77. The van der Waals surface area contributed by atoms with Gasteiger partial charge in [0.15, 0.2) is 5.60 Å². The number of nitrogens with zero attached hydrogens (tertiary/aromatic N) is 3. The molecule has 0 radical (unpaired) electrons. The molecule has 0 aliphatic carbocycles. The summed E-state index contributed by atoms with van der Waals surface area (Å²) in [5.74, 6) is -5.02. The molecule has 2 rings (SSSR count). The lowest BCUT2D eigenvalue weighted by Gasteiger charge is -2.34. The number of pyridine rings is 1. The highest BCUT2D eigenvalue weighted by Crippen LogP contribution is 2.26. The Morgan fingerprint density at radius 1 is 0.946 bits per heavy atom. The number of aliphatic hydroxyl groups is 1. The van der Waals surface area contributed by atoms with Gasteiger partial charge >= 0.3 is 17.9 Å². The zero-order chi connectivity index (χ0) is 28.2. The smallest absolute Gasteiger partial charge is 0.336 e. The van der Waals surface area contributed by atoms with Crippen LogP contribution < -0.4 is 0 Å². The Hall–Kier alpha value is -3.05. The molecule has 2 aromatic rings. The van der Waals surface area contributed by atoms with Crippen LogP contribution in [0.15, 0.2) is 48.8 Å². The van der Waals surface area contributed by atoms with Crippen LogP contribution in [-0.4, -0.2) is 92.4 Å². The minimum atomic E-state index is -2.74. The second-order valence-corrected chi connectivity index (χ2v) is 10.2. The Labute approximate surface area is 222 Å². The van der Waals surface area contributed by atoms with Crippen molar-refractivity contribution in [1.82, 2.24) is 14.8 Å². The van der Waals surface area contributed by atoms with Gasteiger partial charge in [-0.25, -0.2) is 4.79 Å². The first-order chi connectivity index (χ1) is 17.1. The van der Waals surface area contributed by atoms with Crippen molar-refractivity contribution in [3.8, 4) is 0 Å². The first-order valence-corrected chi connectivity index (χ1v) is 11.9. The molecule has 0 bridgehead atoms. The van der Waals surface area contributed by atoms with Gasteiger partial charge in [0.25, 0.3) is 0 Å². The Bertz CT molecular complexity index is 999. The fourth-order valence-corrected chi connectivity index (χ4v) is 3.70. The van der Waals surface area contributed by atoms with E-state index in [0.29, 0.717) is 0 Å². The van der Waals surface area contributed by atoms with Crippen molar-refractivity contribution in [3.63, 3.8) is 0 Å². The summed E-state index contributed by atoms with van der Waals surface area (Å²) in [7, 11) is 4.24. The molecule has 204 valence electrons. The van der Waals surface area contributed by atoms with E-state index in [0.717, 1.165) is 31.2 Å². The summed E-state index contributed by atoms with van der Waals surface area (Å²) in [4.78, 5) is 39.5. The van der Waals surface area contributed by atoms with E-state index in [1.165, 1.54) is 11.1 Å². The number of halogens is 1. The van der Waals surface area contributed by atoms with E-state index in [2.05, 4.69) is 60.9 Å². The third kappa shape index (κ3) is 12.2. The molecule has 0 fully saturated rings. The van der Waals surface area contributed by atoms with Crippen molar-refractivity contribution >= 4 is 29.5 Å². The van der Waals surface area contributed by atoms with E-state index >= 15 is 0 Å². The van der Waals surface area contributed by atoms with E-state index in [9.17, 15) is 14.4 Å².